The van der Waals surface area contributed by atoms with Crippen LogP contribution in [0.4, 0.5) is 5.69 Å². The van der Waals surface area contributed by atoms with E-state index in [9.17, 15) is 9.90 Å². The molecule has 1 heterocycles. The molecule has 0 spiro atoms. The van der Waals surface area contributed by atoms with Gasteiger partial charge < -0.3 is 10.4 Å². The van der Waals surface area contributed by atoms with Gasteiger partial charge in [-0.25, -0.2) is 4.79 Å². The summed E-state index contributed by atoms with van der Waals surface area (Å²) in [6.45, 7) is 0.592. The Kier molecular flexibility index (Phi) is 4.42. The monoisotopic (exact) mass is 389 g/mol. The average molecular weight is 391 g/mol. The van der Waals surface area contributed by atoms with E-state index in [0.29, 0.717) is 16.7 Å². The lowest BCUT2D eigenvalue weighted by Gasteiger charge is -2.10. The van der Waals surface area contributed by atoms with Crippen LogP contribution in [-0.4, -0.2) is 11.1 Å². The first-order valence-corrected chi connectivity index (χ1v) is 7.53. The highest BCUT2D eigenvalue weighted by Gasteiger charge is 2.14. The van der Waals surface area contributed by atoms with Gasteiger partial charge in [0.2, 0.25) is 0 Å². The van der Waals surface area contributed by atoms with Crippen molar-refractivity contribution in [2.75, 3.05) is 5.32 Å². The van der Waals surface area contributed by atoms with Crippen LogP contribution < -0.4 is 5.32 Å². The summed E-state index contributed by atoms with van der Waals surface area (Å²) in [5.41, 5.74) is 0.863. The van der Waals surface area contributed by atoms with Crippen LogP contribution in [0.3, 0.4) is 0 Å². The molecule has 6 heteroatoms. The number of hydrogen-bond donors (Lipinski definition) is 2. The number of carbonyl (C=O) groups is 1. The van der Waals surface area contributed by atoms with E-state index in [1.54, 1.807) is 23.5 Å². The normalized spacial score (nSPS) is 10.3. The number of benzene rings is 1. The van der Waals surface area contributed by atoms with Crippen molar-refractivity contribution in [2.45, 2.75) is 6.54 Å². The van der Waals surface area contributed by atoms with Gasteiger partial charge in [0, 0.05) is 13.8 Å². The van der Waals surface area contributed by atoms with Gasteiger partial charge in [0.25, 0.3) is 0 Å². The maximum Gasteiger partial charge on any atom is 0.338 e. The zero-order valence-electron chi connectivity index (χ0n) is 9.11. The van der Waals surface area contributed by atoms with E-state index < -0.39 is 5.97 Å². The van der Waals surface area contributed by atoms with Crippen LogP contribution in [0.25, 0.3) is 0 Å². The number of hydrogen-bond acceptors (Lipinski definition) is 3. The van der Waals surface area contributed by atoms with Crippen LogP contribution >= 0.6 is 43.2 Å². The van der Waals surface area contributed by atoms with Crippen molar-refractivity contribution < 1.29 is 9.90 Å². The van der Waals surface area contributed by atoms with Crippen LogP contribution in [0.5, 0.6) is 0 Å². The van der Waals surface area contributed by atoms with Gasteiger partial charge in [-0.05, 0) is 55.4 Å². The first kappa shape index (κ1) is 13.6. The molecule has 0 aliphatic rings. The largest absolute Gasteiger partial charge is 0.478 e. The topological polar surface area (TPSA) is 49.3 Å². The van der Waals surface area contributed by atoms with Gasteiger partial charge in [-0.15, -0.1) is 11.3 Å². The fourth-order valence-corrected chi connectivity index (χ4v) is 3.48. The predicted molar refractivity (Wildman–Crippen MR) is 80.4 cm³/mol. The Morgan fingerprint density at radius 1 is 1.28 bits per heavy atom. The number of thiophene rings is 1. The lowest BCUT2D eigenvalue weighted by molar-refractivity contribution is 0.0697. The first-order chi connectivity index (χ1) is 8.59. The van der Waals surface area contributed by atoms with E-state index in [2.05, 4.69) is 37.2 Å². The summed E-state index contributed by atoms with van der Waals surface area (Å²) in [7, 11) is 0. The molecule has 0 unspecified atom stereocenters. The third-order valence-electron chi connectivity index (χ3n) is 2.36. The molecule has 2 aromatic rings. The van der Waals surface area contributed by atoms with Crippen molar-refractivity contribution >= 4 is 54.9 Å². The summed E-state index contributed by atoms with van der Waals surface area (Å²) < 4.78 is 1.61. The zero-order chi connectivity index (χ0) is 13.1. The Hall–Kier alpha value is -0.850. The molecule has 1 aromatic carbocycles. The van der Waals surface area contributed by atoms with Gasteiger partial charge in [0.05, 0.1) is 17.8 Å². The van der Waals surface area contributed by atoms with Crippen LogP contribution in [-0.2, 0) is 6.54 Å². The second-order valence-electron chi connectivity index (χ2n) is 3.51. The average Bonchev–Trinajstić information content (AvgIpc) is 2.71. The molecular weight excluding hydrogens is 382 g/mol. The van der Waals surface area contributed by atoms with Gasteiger partial charge in [-0.3, -0.25) is 0 Å². The smallest absolute Gasteiger partial charge is 0.338 e. The molecule has 0 radical (unpaired) electrons. The maximum absolute atomic E-state index is 11.2. The Morgan fingerprint density at radius 2 is 2.06 bits per heavy atom. The minimum Gasteiger partial charge on any atom is -0.478 e. The first-order valence-electron chi connectivity index (χ1n) is 5.07. The van der Waals surface area contributed by atoms with E-state index in [4.69, 9.17) is 0 Å². The number of nitrogens with one attached hydrogen (secondary N) is 1. The molecular formula is C12H9Br2NO2S. The fraction of sp³-hybridized carbons (Fsp3) is 0.0833. The molecule has 1 aromatic heterocycles. The van der Waals surface area contributed by atoms with Gasteiger partial charge >= 0.3 is 5.97 Å². The van der Waals surface area contributed by atoms with Crippen LogP contribution in [0, 0.1) is 0 Å². The Balaban J connectivity index is 2.22. The number of carboxylic acid groups (broad SMARTS) is 1. The highest BCUT2D eigenvalue weighted by molar-refractivity contribution is 9.10. The Bertz CT molecular complexity index is 583. The molecule has 0 bridgehead atoms. The molecule has 0 aliphatic carbocycles. The van der Waals surface area contributed by atoms with Gasteiger partial charge in [0.15, 0.2) is 0 Å². The molecule has 2 N–H and O–H groups in total. The minimum atomic E-state index is -0.949. The third-order valence-corrected chi connectivity index (χ3v) is 4.95. The summed E-state index contributed by atoms with van der Waals surface area (Å²) in [6.07, 6.45) is 0. The highest BCUT2D eigenvalue weighted by Crippen LogP contribution is 2.27. The molecule has 2 rings (SSSR count). The molecule has 3 nitrogen and oxygen atoms in total. The molecule has 0 saturated carbocycles. The van der Waals surface area contributed by atoms with Crippen LogP contribution in [0.2, 0.25) is 0 Å². The van der Waals surface area contributed by atoms with Gasteiger partial charge in [0.1, 0.15) is 0 Å². The van der Waals surface area contributed by atoms with Gasteiger partial charge in [-0.2, -0.15) is 0 Å². The fourth-order valence-electron chi connectivity index (χ4n) is 1.52. The third kappa shape index (κ3) is 2.93. The second-order valence-corrected chi connectivity index (χ2v) is 6.22. The summed E-state index contributed by atoms with van der Waals surface area (Å²) in [5.74, 6) is -0.949. The summed E-state index contributed by atoms with van der Waals surface area (Å²) in [4.78, 5) is 12.3. The van der Waals surface area contributed by atoms with E-state index in [1.165, 1.54) is 0 Å². The molecule has 0 fully saturated rings. The Morgan fingerprint density at radius 3 is 2.67 bits per heavy atom. The standard InChI is InChI=1S/C12H9Br2NO2S/c13-7-4-5-18-10(7)6-15-9-3-1-2-8(14)11(9)12(16)17/h1-5,15H,6H2,(H,16,17). The van der Waals surface area contributed by atoms with E-state index in [0.717, 1.165) is 9.35 Å². The SMILES string of the molecule is O=C(O)c1c(Br)cccc1NCc1sccc1Br. The van der Waals surface area contributed by atoms with Crippen molar-refractivity contribution in [3.05, 3.63) is 49.0 Å². The van der Waals surface area contributed by atoms with Crippen molar-refractivity contribution in [2.24, 2.45) is 0 Å². The summed E-state index contributed by atoms with van der Waals surface area (Å²) >= 11 is 8.32. The number of anilines is 1. The predicted octanol–water partition coefficient (Wildman–Crippen LogP) is 4.58. The molecule has 94 valence electrons. The molecule has 0 aliphatic heterocycles. The van der Waals surface area contributed by atoms with Crippen molar-refractivity contribution in [3.63, 3.8) is 0 Å². The number of carboxylic acids is 1. The van der Waals surface area contributed by atoms with E-state index >= 15 is 0 Å². The van der Waals surface area contributed by atoms with Crippen LogP contribution in [0.1, 0.15) is 15.2 Å². The second kappa shape index (κ2) is 5.86. The number of rotatable bonds is 4. The molecule has 18 heavy (non-hydrogen) atoms. The Labute approximate surface area is 125 Å². The van der Waals surface area contributed by atoms with Crippen LogP contribution in [0.15, 0.2) is 38.6 Å². The highest BCUT2D eigenvalue weighted by atomic mass is 79.9. The van der Waals surface area contributed by atoms with Crippen molar-refractivity contribution in [1.82, 2.24) is 0 Å². The zero-order valence-corrected chi connectivity index (χ0v) is 13.1. The summed E-state index contributed by atoms with van der Waals surface area (Å²) in [5, 5.41) is 14.3. The number of halogens is 2. The minimum absolute atomic E-state index is 0.255. The quantitative estimate of drug-likeness (QED) is 0.802. The van der Waals surface area contributed by atoms with E-state index in [1.807, 2.05) is 17.5 Å². The molecule has 0 atom stereocenters. The lowest BCUT2D eigenvalue weighted by atomic mass is 10.2. The number of aromatic carboxylic acids is 1. The molecule has 0 amide bonds. The maximum atomic E-state index is 11.2. The van der Waals surface area contributed by atoms with Crippen molar-refractivity contribution in [1.29, 1.82) is 0 Å². The van der Waals surface area contributed by atoms with E-state index in [-0.39, 0.29) is 5.56 Å². The van der Waals surface area contributed by atoms with Gasteiger partial charge in [-0.1, -0.05) is 6.07 Å². The molecule has 0 saturated heterocycles. The van der Waals surface area contributed by atoms with Crippen molar-refractivity contribution in [3.8, 4) is 0 Å². The lowest BCUT2D eigenvalue weighted by Crippen LogP contribution is -2.06. The summed E-state index contributed by atoms with van der Waals surface area (Å²) in [6, 6.07) is 7.26.